The quantitative estimate of drug-likeness (QED) is 0.362. The summed E-state index contributed by atoms with van der Waals surface area (Å²) in [6.45, 7) is 6.84. The molecule has 0 saturated carbocycles. The van der Waals surface area contributed by atoms with E-state index in [0.717, 1.165) is 0 Å². The molecular formula is C19H34N. The van der Waals surface area contributed by atoms with Crippen LogP contribution >= 0.6 is 0 Å². The van der Waals surface area contributed by atoms with Crippen molar-refractivity contribution in [1.82, 2.24) is 5.32 Å². The van der Waals surface area contributed by atoms with E-state index in [4.69, 9.17) is 5.32 Å². The lowest BCUT2D eigenvalue weighted by atomic mass is 9.94. The Kier molecular flexibility index (Phi) is 9.53. The summed E-state index contributed by atoms with van der Waals surface area (Å²) < 4.78 is 0. The van der Waals surface area contributed by atoms with Crippen molar-refractivity contribution in [3.8, 4) is 0 Å². The number of unbranched alkanes of at least 4 members (excludes halogenated alkanes) is 6. The van der Waals surface area contributed by atoms with Crippen molar-refractivity contribution in [2.24, 2.45) is 0 Å². The lowest BCUT2D eigenvalue weighted by molar-refractivity contribution is 0.672. The topological polar surface area (TPSA) is 14.1 Å². The zero-order chi connectivity index (χ0) is 14.6. The molecule has 0 spiro atoms. The van der Waals surface area contributed by atoms with Crippen molar-refractivity contribution in [3.05, 3.63) is 23.0 Å². The third-order valence-corrected chi connectivity index (χ3v) is 4.21. The average Bonchev–Trinajstić information content (AvgIpc) is 2.83. The van der Waals surface area contributed by atoms with Gasteiger partial charge in [-0.3, -0.25) is 5.32 Å². The highest BCUT2D eigenvalue weighted by Gasteiger charge is 2.17. The monoisotopic (exact) mass is 276 g/mol. The molecular weight excluding hydrogens is 242 g/mol. The summed E-state index contributed by atoms with van der Waals surface area (Å²) in [7, 11) is 0. The Hall–Kier alpha value is -0.720. The summed E-state index contributed by atoms with van der Waals surface area (Å²) in [5, 5.41) is 4.75. The molecule has 1 aliphatic rings. The minimum atomic E-state index is 1.20. The Labute approximate surface area is 126 Å². The highest BCUT2D eigenvalue weighted by Crippen LogP contribution is 2.32. The summed E-state index contributed by atoms with van der Waals surface area (Å²) >= 11 is 0. The summed E-state index contributed by atoms with van der Waals surface area (Å²) in [4.78, 5) is 0. The summed E-state index contributed by atoms with van der Waals surface area (Å²) in [5.41, 5.74) is 4.59. The molecule has 115 valence electrons. The van der Waals surface area contributed by atoms with E-state index in [1.165, 1.54) is 82.7 Å². The standard InChI is InChI=1S/C19H34N/c1-4-7-10-13-17-16-20-19(15-12-9-6-3)18(17)14-11-8-5-2/h16H,4-15H2,1-3H3. The molecule has 0 unspecified atom stereocenters. The molecule has 1 heteroatoms. The second-order valence-electron chi connectivity index (χ2n) is 6.08. The van der Waals surface area contributed by atoms with Crippen LogP contribution in [0.25, 0.3) is 0 Å². The van der Waals surface area contributed by atoms with Crippen LogP contribution in [0, 0.1) is 0 Å². The van der Waals surface area contributed by atoms with Gasteiger partial charge in [0.1, 0.15) is 0 Å². The van der Waals surface area contributed by atoms with Gasteiger partial charge in [0.15, 0.2) is 0 Å². The minimum Gasteiger partial charge on any atom is -0.261 e. The summed E-state index contributed by atoms with van der Waals surface area (Å²) in [5.74, 6) is 0. The number of hydrogen-bond donors (Lipinski definition) is 0. The van der Waals surface area contributed by atoms with Crippen LogP contribution in [-0.4, -0.2) is 0 Å². The molecule has 0 bridgehead atoms. The molecule has 0 atom stereocenters. The smallest absolute Gasteiger partial charge is 0.0438 e. The third kappa shape index (κ3) is 6.15. The Morgan fingerprint density at radius 1 is 0.700 bits per heavy atom. The number of rotatable bonds is 12. The van der Waals surface area contributed by atoms with Crippen molar-refractivity contribution in [3.63, 3.8) is 0 Å². The first kappa shape index (κ1) is 17.3. The van der Waals surface area contributed by atoms with Crippen LogP contribution in [0.4, 0.5) is 0 Å². The van der Waals surface area contributed by atoms with E-state index >= 15 is 0 Å². The predicted octanol–water partition coefficient (Wildman–Crippen LogP) is 6.48. The van der Waals surface area contributed by atoms with Crippen molar-refractivity contribution < 1.29 is 0 Å². The van der Waals surface area contributed by atoms with Crippen molar-refractivity contribution in [2.45, 2.75) is 97.8 Å². The van der Waals surface area contributed by atoms with E-state index in [1.807, 2.05) is 0 Å². The van der Waals surface area contributed by atoms with Crippen molar-refractivity contribution in [2.75, 3.05) is 0 Å². The van der Waals surface area contributed by atoms with Gasteiger partial charge >= 0.3 is 0 Å². The maximum absolute atomic E-state index is 4.75. The van der Waals surface area contributed by atoms with Crippen molar-refractivity contribution >= 4 is 0 Å². The third-order valence-electron chi connectivity index (χ3n) is 4.21. The van der Waals surface area contributed by atoms with Gasteiger partial charge in [0, 0.05) is 11.9 Å². The number of hydrogen-bond acceptors (Lipinski definition) is 0. The van der Waals surface area contributed by atoms with Crippen LogP contribution in [0.5, 0.6) is 0 Å². The normalized spacial score (nSPS) is 14.7. The molecule has 0 aliphatic carbocycles. The molecule has 0 fully saturated rings. The van der Waals surface area contributed by atoms with Crippen molar-refractivity contribution in [1.29, 1.82) is 0 Å². The number of allylic oxidation sites excluding steroid dienone is 3. The fourth-order valence-corrected chi connectivity index (χ4v) is 2.89. The summed E-state index contributed by atoms with van der Waals surface area (Å²) in [6.07, 6.45) is 17.8. The molecule has 1 heterocycles. The molecule has 0 aromatic rings. The van der Waals surface area contributed by atoms with Gasteiger partial charge < -0.3 is 0 Å². The zero-order valence-electron chi connectivity index (χ0n) is 14.0. The van der Waals surface area contributed by atoms with Gasteiger partial charge in [-0.15, -0.1) is 0 Å². The second kappa shape index (κ2) is 11.0. The SMILES string of the molecule is CCCCCC1=C[N]C(CCCCC)=C1CCCCC. The van der Waals surface area contributed by atoms with Crippen LogP contribution in [0.3, 0.4) is 0 Å². The van der Waals surface area contributed by atoms with Gasteiger partial charge in [-0.1, -0.05) is 59.3 Å². The van der Waals surface area contributed by atoms with Crippen LogP contribution in [0.15, 0.2) is 23.0 Å². The maximum Gasteiger partial charge on any atom is 0.0438 e. The molecule has 0 amide bonds. The molecule has 20 heavy (non-hydrogen) atoms. The molecule has 1 rings (SSSR count). The first-order valence-corrected chi connectivity index (χ1v) is 8.95. The Balaban J connectivity index is 2.53. The molecule has 0 saturated heterocycles. The average molecular weight is 276 g/mol. The van der Waals surface area contributed by atoms with Gasteiger partial charge in [-0.25, -0.2) is 0 Å². The Morgan fingerprint density at radius 3 is 1.85 bits per heavy atom. The van der Waals surface area contributed by atoms with Crippen LogP contribution in [-0.2, 0) is 0 Å². The molecule has 0 aromatic carbocycles. The molecule has 0 N–H and O–H groups in total. The molecule has 1 nitrogen and oxygen atoms in total. The van der Waals surface area contributed by atoms with Gasteiger partial charge in [0.25, 0.3) is 0 Å². The minimum absolute atomic E-state index is 1.20. The Morgan fingerprint density at radius 2 is 1.25 bits per heavy atom. The molecule has 1 aliphatic heterocycles. The van der Waals surface area contributed by atoms with E-state index < -0.39 is 0 Å². The lowest BCUT2D eigenvalue weighted by Crippen LogP contribution is -1.97. The van der Waals surface area contributed by atoms with Gasteiger partial charge in [-0.05, 0) is 49.7 Å². The van der Waals surface area contributed by atoms with Crippen LogP contribution in [0.2, 0.25) is 0 Å². The van der Waals surface area contributed by atoms with E-state index in [9.17, 15) is 0 Å². The second-order valence-corrected chi connectivity index (χ2v) is 6.08. The van der Waals surface area contributed by atoms with E-state index in [1.54, 1.807) is 11.1 Å². The lowest BCUT2D eigenvalue weighted by Gasteiger charge is -2.10. The fourth-order valence-electron chi connectivity index (χ4n) is 2.89. The summed E-state index contributed by atoms with van der Waals surface area (Å²) in [6, 6.07) is 0. The molecule has 0 aromatic heterocycles. The van der Waals surface area contributed by atoms with E-state index in [0.29, 0.717) is 0 Å². The highest BCUT2D eigenvalue weighted by molar-refractivity contribution is 5.40. The largest absolute Gasteiger partial charge is 0.261 e. The van der Waals surface area contributed by atoms with Gasteiger partial charge in [-0.2, -0.15) is 0 Å². The highest BCUT2D eigenvalue weighted by atomic mass is 14.9. The van der Waals surface area contributed by atoms with E-state index in [2.05, 4.69) is 27.0 Å². The predicted molar refractivity (Wildman–Crippen MR) is 89.7 cm³/mol. The zero-order valence-corrected chi connectivity index (χ0v) is 14.0. The van der Waals surface area contributed by atoms with Crippen LogP contribution in [0.1, 0.15) is 97.8 Å². The first-order chi connectivity index (χ1) is 9.83. The Bertz CT molecular complexity index is 312. The van der Waals surface area contributed by atoms with Gasteiger partial charge in [0.2, 0.25) is 0 Å². The van der Waals surface area contributed by atoms with E-state index in [-0.39, 0.29) is 0 Å². The van der Waals surface area contributed by atoms with Crippen LogP contribution < -0.4 is 5.32 Å². The maximum atomic E-state index is 4.75. The fraction of sp³-hybridized carbons (Fsp3) is 0.789. The number of nitrogens with zero attached hydrogens (tertiary/aromatic N) is 1. The van der Waals surface area contributed by atoms with Gasteiger partial charge in [0.05, 0.1) is 0 Å². The first-order valence-electron chi connectivity index (χ1n) is 8.95. The molecule has 1 radical (unpaired) electrons.